The first-order chi connectivity index (χ1) is 15.6. The van der Waals surface area contributed by atoms with Gasteiger partial charge in [0.1, 0.15) is 11.5 Å². The normalized spacial score (nSPS) is 14.3. The third-order valence-electron chi connectivity index (χ3n) is 5.61. The maximum absolute atomic E-state index is 13.5. The molecule has 3 aromatic rings. The summed E-state index contributed by atoms with van der Waals surface area (Å²) in [6.07, 6.45) is 0. The molecule has 1 N–H and O–H groups in total. The molecule has 4 nitrogen and oxygen atoms in total. The molecular formula is C27H24ClFN2O2. The van der Waals surface area contributed by atoms with Gasteiger partial charge in [-0.15, -0.1) is 0 Å². The van der Waals surface area contributed by atoms with Gasteiger partial charge in [0.25, 0.3) is 11.8 Å². The van der Waals surface area contributed by atoms with E-state index in [2.05, 4.69) is 26.1 Å². The van der Waals surface area contributed by atoms with Gasteiger partial charge < -0.3 is 5.32 Å². The van der Waals surface area contributed by atoms with Gasteiger partial charge in [0.2, 0.25) is 0 Å². The number of amides is 2. The lowest BCUT2D eigenvalue weighted by Gasteiger charge is -2.19. The summed E-state index contributed by atoms with van der Waals surface area (Å²) in [4.78, 5) is 27.9. The van der Waals surface area contributed by atoms with Crippen molar-refractivity contribution in [1.82, 2.24) is 4.90 Å². The van der Waals surface area contributed by atoms with Crippen molar-refractivity contribution in [3.8, 4) is 0 Å². The number of benzene rings is 3. The molecule has 1 aliphatic rings. The average molecular weight is 463 g/mol. The summed E-state index contributed by atoms with van der Waals surface area (Å²) < 4.78 is 13.5. The summed E-state index contributed by atoms with van der Waals surface area (Å²) in [5.41, 5.74) is 3.30. The molecule has 0 fully saturated rings. The number of anilines is 1. The van der Waals surface area contributed by atoms with Crippen LogP contribution in [-0.2, 0) is 21.5 Å². The van der Waals surface area contributed by atoms with Crippen LogP contribution in [0.3, 0.4) is 0 Å². The third-order valence-corrected chi connectivity index (χ3v) is 5.98. The molecule has 0 aromatic heterocycles. The third kappa shape index (κ3) is 4.69. The van der Waals surface area contributed by atoms with E-state index in [1.807, 2.05) is 24.3 Å². The van der Waals surface area contributed by atoms with E-state index in [4.69, 9.17) is 11.6 Å². The molecule has 1 heterocycles. The molecule has 1 aliphatic heterocycles. The van der Waals surface area contributed by atoms with Gasteiger partial charge in [-0.2, -0.15) is 0 Å². The first-order valence-electron chi connectivity index (χ1n) is 10.6. The van der Waals surface area contributed by atoms with E-state index in [1.54, 1.807) is 24.3 Å². The molecule has 0 aliphatic carbocycles. The van der Waals surface area contributed by atoms with Gasteiger partial charge in [-0.1, -0.05) is 74.8 Å². The van der Waals surface area contributed by atoms with Crippen LogP contribution in [0, 0.1) is 5.82 Å². The van der Waals surface area contributed by atoms with Crippen molar-refractivity contribution in [3.63, 3.8) is 0 Å². The Morgan fingerprint density at radius 3 is 2.12 bits per heavy atom. The zero-order valence-corrected chi connectivity index (χ0v) is 19.4. The second-order valence-electron chi connectivity index (χ2n) is 9.00. The number of carbonyl (C=O) groups is 2. The number of nitrogens with zero attached hydrogens (tertiary/aromatic N) is 1. The fourth-order valence-electron chi connectivity index (χ4n) is 3.71. The molecule has 0 unspecified atom stereocenters. The highest BCUT2D eigenvalue weighted by Crippen LogP contribution is 2.33. The molecule has 0 spiro atoms. The van der Waals surface area contributed by atoms with Crippen LogP contribution in [0.15, 0.2) is 78.5 Å². The summed E-state index contributed by atoms with van der Waals surface area (Å²) in [7, 11) is 0. The highest BCUT2D eigenvalue weighted by atomic mass is 35.5. The van der Waals surface area contributed by atoms with Crippen LogP contribution in [-0.4, -0.2) is 16.7 Å². The lowest BCUT2D eigenvalue weighted by Crippen LogP contribution is -2.32. The maximum atomic E-state index is 13.5. The van der Waals surface area contributed by atoms with Crippen LogP contribution < -0.4 is 5.32 Å². The Balaban J connectivity index is 1.72. The zero-order chi connectivity index (χ0) is 23.8. The fourth-order valence-corrected chi connectivity index (χ4v) is 3.91. The number of hydrogen-bond acceptors (Lipinski definition) is 3. The predicted molar refractivity (Wildman–Crippen MR) is 129 cm³/mol. The lowest BCUT2D eigenvalue weighted by molar-refractivity contribution is -0.137. The van der Waals surface area contributed by atoms with Crippen molar-refractivity contribution in [2.75, 3.05) is 5.32 Å². The highest BCUT2D eigenvalue weighted by Gasteiger charge is 2.39. The van der Waals surface area contributed by atoms with Gasteiger partial charge in [0, 0.05) is 10.7 Å². The smallest absolute Gasteiger partial charge is 0.278 e. The first-order valence-corrected chi connectivity index (χ1v) is 11.0. The first kappa shape index (κ1) is 22.7. The zero-order valence-electron chi connectivity index (χ0n) is 18.7. The van der Waals surface area contributed by atoms with E-state index in [1.165, 1.54) is 24.3 Å². The monoisotopic (exact) mass is 462 g/mol. The largest absolute Gasteiger partial charge is 0.350 e. The van der Waals surface area contributed by atoms with E-state index >= 15 is 0 Å². The molecule has 4 rings (SSSR count). The Labute approximate surface area is 197 Å². The van der Waals surface area contributed by atoms with E-state index in [9.17, 15) is 14.0 Å². The minimum atomic E-state index is -0.459. The Morgan fingerprint density at radius 2 is 1.52 bits per heavy atom. The van der Waals surface area contributed by atoms with Crippen LogP contribution in [0.25, 0.3) is 5.57 Å². The molecule has 6 heteroatoms. The van der Waals surface area contributed by atoms with Crippen molar-refractivity contribution in [3.05, 3.63) is 106 Å². The van der Waals surface area contributed by atoms with Crippen LogP contribution in [0.2, 0.25) is 5.02 Å². The predicted octanol–water partition coefficient (Wildman–Crippen LogP) is 6.17. The Kier molecular flexibility index (Phi) is 6.09. The molecule has 2 amide bonds. The van der Waals surface area contributed by atoms with Gasteiger partial charge in [-0.05, 0) is 52.4 Å². The Morgan fingerprint density at radius 1 is 0.879 bits per heavy atom. The Bertz CT molecular complexity index is 1240. The molecular weight excluding hydrogens is 439 g/mol. The van der Waals surface area contributed by atoms with Crippen LogP contribution in [0.1, 0.15) is 37.5 Å². The number of carbonyl (C=O) groups excluding carboxylic acids is 2. The molecule has 0 saturated heterocycles. The topological polar surface area (TPSA) is 49.4 Å². The second kappa shape index (κ2) is 8.83. The van der Waals surface area contributed by atoms with Crippen LogP contribution in [0.4, 0.5) is 10.1 Å². The van der Waals surface area contributed by atoms with Crippen molar-refractivity contribution in [2.45, 2.75) is 32.7 Å². The summed E-state index contributed by atoms with van der Waals surface area (Å²) in [5, 5.41) is 3.61. The molecule has 168 valence electrons. The molecule has 33 heavy (non-hydrogen) atoms. The lowest BCUT2D eigenvalue weighted by atomic mass is 9.87. The van der Waals surface area contributed by atoms with Gasteiger partial charge in [-0.25, -0.2) is 4.39 Å². The number of hydrogen-bond donors (Lipinski definition) is 1. The van der Waals surface area contributed by atoms with E-state index in [-0.39, 0.29) is 23.2 Å². The summed E-state index contributed by atoms with van der Waals surface area (Å²) in [6.45, 7) is 6.40. The van der Waals surface area contributed by atoms with Crippen molar-refractivity contribution >= 4 is 34.7 Å². The SMILES string of the molecule is CC(C)(C)c1ccc(NC2=C(c3ccc(F)cc3)C(=O)N(Cc3ccccc3Cl)C2=O)cc1. The van der Waals surface area contributed by atoms with Gasteiger partial charge >= 0.3 is 0 Å². The van der Waals surface area contributed by atoms with Crippen LogP contribution >= 0.6 is 11.6 Å². The summed E-state index contributed by atoms with van der Waals surface area (Å²) >= 11 is 6.27. The number of halogens is 2. The molecule has 0 radical (unpaired) electrons. The second-order valence-corrected chi connectivity index (χ2v) is 9.40. The van der Waals surface area contributed by atoms with E-state index < -0.39 is 17.6 Å². The maximum Gasteiger partial charge on any atom is 0.278 e. The quantitative estimate of drug-likeness (QED) is 0.461. The molecule has 3 aromatic carbocycles. The standard InChI is InChI=1S/C27H24ClFN2O2/c1-27(2,3)19-10-14-21(15-11-19)30-24-23(17-8-12-20(29)13-9-17)25(32)31(26(24)33)16-18-6-4-5-7-22(18)28/h4-15,30H,16H2,1-3H3. The Hall–Kier alpha value is -3.44. The fraction of sp³-hybridized carbons (Fsp3) is 0.185. The number of imide groups is 1. The van der Waals surface area contributed by atoms with E-state index in [0.717, 1.165) is 10.5 Å². The summed E-state index contributed by atoms with van der Waals surface area (Å²) in [6, 6.07) is 20.4. The summed E-state index contributed by atoms with van der Waals surface area (Å²) in [5.74, 6) is -1.34. The van der Waals surface area contributed by atoms with Crippen LogP contribution in [0.5, 0.6) is 0 Å². The molecule has 0 atom stereocenters. The minimum absolute atomic E-state index is 0.0119. The number of rotatable bonds is 5. The van der Waals surface area contributed by atoms with Gasteiger partial charge in [-0.3, -0.25) is 14.5 Å². The van der Waals surface area contributed by atoms with Gasteiger partial charge in [0.05, 0.1) is 12.1 Å². The molecule has 0 saturated carbocycles. The average Bonchev–Trinajstić information content (AvgIpc) is 3.00. The van der Waals surface area contributed by atoms with Crippen molar-refractivity contribution in [2.24, 2.45) is 0 Å². The molecule has 0 bridgehead atoms. The number of nitrogens with one attached hydrogen (secondary N) is 1. The van der Waals surface area contributed by atoms with Crippen molar-refractivity contribution in [1.29, 1.82) is 0 Å². The highest BCUT2D eigenvalue weighted by molar-refractivity contribution is 6.36. The minimum Gasteiger partial charge on any atom is -0.350 e. The van der Waals surface area contributed by atoms with Crippen molar-refractivity contribution < 1.29 is 14.0 Å². The van der Waals surface area contributed by atoms with Gasteiger partial charge in [0.15, 0.2) is 0 Å². The van der Waals surface area contributed by atoms with E-state index in [0.29, 0.717) is 21.8 Å².